The summed E-state index contributed by atoms with van der Waals surface area (Å²) in [6.07, 6.45) is 4.48. The molecule has 4 aromatic rings. The van der Waals surface area contributed by atoms with Crippen LogP contribution in [0.1, 0.15) is 17.0 Å². The molecule has 1 atom stereocenters. The second-order valence-electron chi connectivity index (χ2n) is 8.55. The largest absolute Gasteiger partial charge is 0.469 e. The first-order valence-electron chi connectivity index (χ1n) is 11.6. The number of benzene rings is 1. The number of rotatable bonds is 6. The summed E-state index contributed by atoms with van der Waals surface area (Å²) in [7, 11) is -2.64. The van der Waals surface area contributed by atoms with E-state index >= 15 is 0 Å². The van der Waals surface area contributed by atoms with Gasteiger partial charge in [0.25, 0.3) is 15.9 Å². The molecule has 1 aliphatic heterocycles. The molecule has 1 amide bonds. The monoisotopic (exact) mass is 571 g/mol. The highest BCUT2D eigenvalue weighted by Gasteiger charge is 2.39. The number of halogens is 1. The third-order valence-electron chi connectivity index (χ3n) is 6.19. The first kappa shape index (κ1) is 26.2. The number of esters is 1. The second-order valence-corrected chi connectivity index (χ2v) is 12.2. The zero-order valence-electron chi connectivity index (χ0n) is 20.2. The molecule has 0 bridgehead atoms. The average molecular weight is 572 g/mol. The minimum Gasteiger partial charge on any atom is -0.469 e. The Morgan fingerprint density at radius 1 is 1.11 bits per heavy atom. The van der Waals surface area contributed by atoms with Crippen molar-refractivity contribution in [2.45, 2.75) is 16.7 Å². The van der Waals surface area contributed by atoms with Crippen molar-refractivity contribution in [3.63, 3.8) is 0 Å². The Bertz CT molecular complexity index is 1600. The molecule has 5 rings (SSSR count). The lowest BCUT2D eigenvalue weighted by Crippen LogP contribution is -2.57. The number of amides is 1. The van der Waals surface area contributed by atoms with Crippen LogP contribution in [0.25, 0.3) is 21.3 Å². The van der Waals surface area contributed by atoms with Gasteiger partial charge in [0.05, 0.1) is 25.3 Å². The van der Waals surface area contributed by atoms with E-state index < -0.39 is 27.9 Å². The molecule has 13 heteroatoms. The van der Waals surface area contributed by atoms with Crippen LogP contribution in [0.2, 0.25) is 5.02 Å². The van der Waals surface area contributed by atoms with Crippen LogP contribution in [0.5, 0.6) is 0 Å². The van der Waals surface area contributed by atoms with E-state index in [0.717, 1.165) is 21.4 Å². The van der Waals surface area contributed by atoms with Crippen LogP contribution in [-0.2, 0) is 19.6 Å². The van der Waals surface area contributed by atoms with Crippen molar-refractivity contribution in [3.05, 3.63) is 71.9 Å². The molecule has 10 nitrogen and oxygen atoms in total. The lowest BCUT2D eigenvalue weighted by atomic mass is 10.1. The molecule has 3 aromatic heterocycles. The van der Waals surface area contributed by atoms with Crippen LogP contribution < -0.4 is 0 Å². The van der Waals surface area contributed by atoms with Crippen LogP contribution in [-0.4, -0.2) is 77.2 Å². The Morgan fingerprint density at radius 2 is 1.89 bits per heavy atom. The Labute approximate surface area is 227 Å². The molecule has 1 fully saturated rings. The molecule has 0 aliphatic carbocycles. The van der Waals surface area contributed by atoms with Gasteiger partial charge in [0.1, 0.15) is 4.21 Å². The van der Waals surface area contributed by atoms with Crippen LogP contribution in [0.4, 0.5) is 0 Å². The van der Waals surface area contributed by atoms with E-state index in [1.807, 2.05) is 6.07 Å². The molecular weight excluding hydrogens is 550 g/mol. The Balaban J connectivity index is 1.38. The molecule has 38 heavy (non-hydrogen) atoms. The van der Waals surface area contributed by atoms with Gasteiger partial charge in [-0.25, -0.2) is 18.4 Å². The van der Waals surface area contributed by atoms with Gasteiger partial charge in [0.15, 0.2) is 0 Å². The van der Waals surface area contributed by atoms with E-state index in [2.05, 4.69) is 15.0 Å². The predicted molar refractivity (Wildman–Crippen MR) is 142 cm³/mol. The molecule has 0 saturated carbocycles. The molecule has 1 unspecified atom stereocenters. The van der Waals surface area contributed by atoms with Crippen molar-refractivity contribution < 1.29 is 22.7 Å². The maximum Gasteiger partial charge on any atom is 0.307 e. The molecular formula is C25H22ClN5O5S2. The molecule has 196 valence electrons. The number of hydrogen-bond acceptors (Lipinski definition) is 9. The van der Waals surface area contributed by atoms with Crippen molar-refractivity contribution in [2.24, 2.45) is 0 Å². The van der Waals surface area contributed by atoms with E-state index in [1.165, 1.54) is 28.7 Å². The molecule has 0 spiro atoms. The van der Waals surface area contributed by atoms with Crippen LogP contribution in [0.3, 0.4) is 0 Å². The van der Waals surface area contributed by atoms with Gasteiger partial charge in [-0.3, -0.25) is 14.6 Å². The average Bonchev–Trinajstić information content (AvgIpc) is 3.37. The number of methoxy groups -OCH3 is 1. The van der Waals surface area contributed by atoms with E-state index in [0.29, 0.717) is 16.3 Å². The number of nitrogens with zero attached hydrogens (tertiary/aromatic N) is 5. The summed E-state index contributed by atoms with van der Waals surface area (Å²) in [4.78, 5) is 39.6. The Morgan fingerprint density at radius 3 is 2.61 bits per heavy atom. The topological polar surface area (TPSA) is 123 Å². The molecule has 1 aliphatic rings. The van der Waals surface area contributed by atoms with Crippen LogP contribution >= 0.6 is 22.9 Å². The Kier molecular flexibility index (Phi) is 7.39. The normalized spacial score (nSPS) is 16.5. The van der Waals surface area contributed by atoms with Gasteiger partial charge in [0, 0.05) is 53.5 Å². The lowest BCUT2D eigenvalue weighted by Gasteiger charge is -2.39. The van der Waals surface area contributed by atoms with Crippen molar-refractivity contribution in [1.29, 1.82) is 0 Å². The van der Waals surface area contributed by atoms with Gasteiger partial charge in [-0.15, -0.1) is 11.3 Å². The maximum atomic E-state index is 13.5. The van der Waals surface area contributed by atoms with Gasteiger partial charge >= 0.3 is 5.97 Å². The fourth-order valence-corrected chi connectivity index (χ4v) is 7.53. The summed E-state index contributed by atoms with van der Waals surface area (Å²) in [6.45, 7) is 0.0265. The minimum absolute atomic E-state index is 0.0484. The summed E-state index contributed by atoms with van der Waals surface area (Å²) in [6, 6.07) is 11.5. The van der Waals surface area contributed by atoms with Crippen molar-refractivity contribution in [1.82, 2.24) is 24.2 Å². The summed E-state index contributed by atoms with van der Waals surface area (Å²) in [5, 5.41) is 1.29. The quantitative estimate of drug-likeness (QED) is 0.322. The van der Waals surface area contributed by atoms with Gasteiger partial charge in [-0.1, -0.05) is 23.7 Å². The first-order valence-corrected chi connectivity index (χ1v) is 14.2. The fraction of sp³-hybridized carbons (Fsp3) is 0.240. The Hall–Kier alpha value is -3.45. The van der Waals surface area contributed by atoms with Gasteiger partial charge in [-0.05, 0) is 35.7 Å². The highest BCUT2D eigenvalue weighted by molar-refractivity contribution is 7.91. The third kappa shape index (κ3) is 5.25. The highest BCUT2D eigenvalue weighted by atomic mass is 35.5. The maximum absolute atomic E-state index is 13.5. The molecule has 1 aromatic carbocycles. The number of carbonyl (C=O) groups is 2. The van der Waals surface area contributed by atoms with E-state index in [9.17, 15) is 18.0 Å². The van der Waals surface area contributed by atoms with E-state index in [1.54, 1.807) is 42.6 Å². The summed E-state index contributed by atoms with van der Waals surface area (Å²) in [5.41, 5.74) is 1.31. The number of aromatic nitrogens is 3. The van der Waals surface area contributed by atoms with Gasteiger partial charge in [-0.2, -0.15) is 4.31 Å². The number of hydrogen-bond donors (Lipinski definition) is 0. The van der Waals surface area contributed by atoms with Crippen LogP contribution in [0.15, 0.2) is 65.3 Å². The smallest absolute Gasteiger partial charge is 0.307 e. The van der Waals surface area contributed by atoms with E-state index in [-0.39, 0.29) is 36.1 Å². The first-order chi connectivity index (χ1) is 18.3. The number of carbonyl (C=O) groups excluding carboxylic acids is 2. The number of sulfonamides is 1. The van der Waals surface area contributed by atoms with Crippen molar-refractivity contribution in [3.8, 4) is 11.3 Å². The number of fused-ring (bicyclic) bond motifs is 1. The number of thiophene rings is 1. The lowest BCUT2D eigenvalue weighted by molar-refractivity contribution is -0.142. The predicted octanol–water partition coefficient (Wildman–Crippen LogP) is 3.49. The second kappa shape index (κ2) is 10.7. The minimum atomic E-state index is -3.88. The summed E-state index contributed by atoms with van der Waals surface area (Å²) >= 11 is 7.18. The SMILES string of the molecule is COC(=O)CC1CN(S(=O)(=O)c2cc3ccc(Cl)cc3s2)CCN1C(=O)c1ncc(-c2ccccn2)cn1. The number of pyridine rings is 1. The summed E-state index contributed by atoms with van der Waals surface area (Å²) in [5.74, 6) is -1.12. The van der Waals surface area contributed by atoms with Gasteiger partial charge < -0.3 is 9.64 Å². The number of piperazine rings is 1. The van der Waals surface area contributed by atoms with E-state index in [4.69, 9.17) is 16.3 Å². The zero-order chi connectivity index (χ0) is 26.9. The molecule has 1 saturated heterocycles. The van der Waals surface area contributed by atoms with Gasteiger partial charge in [0.2, 0.25) is 5.82 Å². The highest BCUT2D eigenvalue weighted by Crippen LogP contribution is 2.33. The standard InChI is InChI=1S/C25H22ClN5O5S2/c1-36-22(32)12-19-15-30(38(34,35)23-10-16-5-6-18(26)11-21(16)37-23)8-9-31(19)25(33)24-28-13-17(14-29-24)20-4-2-3-7-27-20/h2-7,10-11,13-14,19H,8-9,12,15H2,1H3. The third-order valence-corrected chi connectivity index (χ3v) is 9.84. The number of ether oxygens (including phenoxy) is 1. The summed E-state index contributed by atoms with van der Waals surface area (Å²) < 4.78 is 34.1. The van der Waals surface area contributed by atoms with Crippen molar-refractivity contribution in [2.75, 3.05) is 26.7 Å². The van der Waals surface area contributed by atoms with Crippen molar-refractivity contribution >= 4 is 54.9 Å². The molecule has 4 heterocycles. The molecule has 0 N–H and O–H groups in total. The zero-order valence-corrected chi connectivity index (χ0v) is 22.5. The molecule has 0 radical (unpaired) electrons. The fourth-order valence-electron chi connectivity index (χ4n) is 4.23. The van der Waals surface area contributed by atoms with Crippen LogP contribution in [0, 0.1) is 0 Å².